The molecule has 0 unspecified atom stereocenters. The Balaban J connectivity index is 1.70. The average Bonchev–Trinajstić information content (AvgIpc) is 3.22. The number of nitrogens with zero attached hydrogens (tertiary/aromatic N) is 1. The first-order valence-electron chi connectivity index (χ1n) is 9.83. The number of thiophene rings is 1. The van der Waals surface area contributed by atoms with Crippen molar-refractivity contribution in [3.8, 4) is 11.3 Å². The van der Waals surface area contributed by atoms with Crippen molar-refractivity contribution >= 4 is 28.2 Å². The number of primary amides is 1. The fourth-order valence-electron chi connectivity index (χ4n) is 3.87. The minimum absolute atomic E-state index is 0.348. The van der Waals surface area contributed by atoms with Crippen LogP contribution in [0.2, 0.25) is 0 Å². The van der Waals surface area contributed by atoms with Gasteiger partial charge >= 0.3 is 0 Å². The lowest BCUT2D eigenvalue weighted by molar-refractivity contribution is 0.100. The zero-order valence-electron chi connectivity index (χ0n) is 16.3. The van der Waals surface area contributed by atoms with E-state index in [9.17, 15) is 9.59 Å². The molecule has 1 aromatic carbocycles. The first-order valence-corrected chi connectivity index (χ1v) is 10.6. The summed E-state index contributed by atoms with van der Waals surface area (Å²) in [5.74, 6) is -0.417. The summed E-state index contributed by atoms with van der Waals surface area (Å²) in [7, 11) is 0. The van der Waals surface area contributed by atoms with Gasteiger partial charge in [0.05, 0.1) is 5.56 Å². The van der Waals surface area contributed by atoms with E-state index in [1.165, 1.54) is 17.8 Å². The molecule has 1 aliphatic rings. The van der Waals surface area contributed by atoms with Crippen LogP contribution in [0.15, 0.2) is 34.9 Å². The maximum absolute atomic E-state index is 13.2. The predicted molar refractivity (Wildman–Crippen MR) is 113 cm³/mol. The molecule has 2 heterocycles. The minimum Gasteiger partial charge on any atom is -0.365 e. The molecule has 1 aliphatic carbocycles. The molecular formula is C22H23N3O3S. The van der Waals surface area contributed by atoms with Gasteiger partial charge in [-0.2, -0.15) is 0 Å². The van der Waals surface area contributed by atoms with Crippen molar-refractivity contribution in [3.05, 3.63) is 57.7 Å². The molecule has 3 N–H and O–H groups in total. The summed E-state index contributed by atoms with van der Waals surface area (Å²) in [4.78, 5) is 26.5. The molecule has 3 aromatic rings. The molecule has 0 spiro atoms. The molecule has 29 heavy (non-hydrogen) atoms. The van der Waals surface area contributed by atoms with E-state index in [0.717, 1.165) is 48.1 Å². The van der Waals surface area contributed by atoms with Crippen molar-refractivity contribution in [3.63, 3.8) is 0 Å². The van der Waals surface area contributed by atoms with Gasteiger partial charge in [-0.15, -0.1) is 11.3 Å². The van der Waals surface area contributed by atoms with Gasteiger partial charge in [-0.3, -0.25) is 9.59 Å². The van der Waals surface area contributed by atoms with E-state index in [1.807, 2.05) is 30.3 Å². The van der Waals surface area contributed by atoms with Crippen LogP contribution >= 0.6 is 11.3 Å². The Morgan fingerprint density at radius 1 is 1.07 bits per heavy atom. The summed E-state index contributed by atoms with van der Waals surface area (Å²) >= 11 is 1.46. The Bertz CT molecular complexity index is 1050. The minimum atomic E-state index is -0.497. The summed E-state index contributed by atoms with van der Waals surface area (Å²) < 4.78 is 5.30. The van der Waals surface area contributed by atoms with Gasteiger partial charge < -0.3 is 15.6 Å². The number of hydrogen-bond donors (Lipinski definition) is 2. The number of carbonyl (C=O) groups is 2. The highest BCUT2D eigenvalue weighted by Gasteiger charge is 2.27. The quantitative estimate of drug-likeness (QED) is 0.651. The molecule has 7 heteroatoms. The number of benzene rings is 1. The third-order valence-corrected chi connectivity index (χ3v) is 6.49. The van der Waals surface area contributed by atoms with Crippen LogP contribution in [0.25, 0.3) is 11.3 Å². The lowest BCUT2D eigenvalue weighted by Gasteiger charge is -2.10. The number of rotatable bonds is 4. The van der Waals surface area contributed by atoms with Gasteiger partial charge in [0.25, 0.3) is 11.8 Å². The van der Waals surface area contributed by atoms with E-state index in [-0.39, 0.29) is 5.91 Å². The third kappa shape index (κ3) is 3.82. The second-order valence-corrected chi connectivity index (χ2v) is 8.37. The molecule has 0 saturated carbocycles. The molecule has 0 bridgehead atoms. The standard InChI is InChI=1S/C22H23N3O3S/c1-13-17(19(25-28-13)14-9-5-4-6-10-14)21(27)24-22-18(20(23)26)15-11-7-2-3-8-12-16(15)29-22/h4-6,9-10H,2-3,7-8,11-12H2,1H3,(H2,23,26)(H,24,27). The van der Waals surface area contributed by atoms with Crippen LogP contribution in [-0.2, 0) is 12.8 Å². The van der Waals surface area contributed by atoms with Crippen LogP contribution in [0.4, 0.5) is 5.00 Å². The van der Waals surface area contributed by atoms with E-state index < -0.39 is 5.91 Å². The number of nitrogens with two attached hydrogens (primary N) is 1. The smallest absolute Gasteiger partial charge is 0.262 e. The molecule has 0 saturated heterocycles. The number of aromatic nitrogens is 1. The Labute approximate surface area is 173 Å². The number of anilines is 1. The lowest BCUT2D eigenvalue weighted by Crippen LogP contribution is -2.19. The molecule has 6 nitrogen and oxygen atoms in total. The van der Waals surface area contributed by atoms with Crippen molar-refractivity contribution in [2.24, 2.45) is 5.73 Å². The average molecular weight is 410 g/mol. The SMILES string of the molecule is Cc1onc(-c2ccccc2)c1C(=O)Nc1sc2c(c1C(N)=O)CCCCCC2. The van der Waals surface area contributed by atoms with Gasteiger partial charge in [0, 0.05) is 10.4 Å². The normalized spacial score (nSPS) is 14.0. The predicted octanol–water partition coefficient (Wildman–Crippen LogP) is 4.72. The summed E-state index contributed by atoms with van der Waals surface area (Å²) in [6, 6.07) is 9.41. The van der Waals surface area contributed by atoms with E-state index in [1.54, 1.807) is 6.92 Å². The third-order valence-electron chi connectivity index (χ3n) is 5.28. The molecule has 4 rings (SSSR count). The monoisotopic (exact) mass is 409 g/mol. The number of nitrogens with one attached hydrogen (secondary N) is 1. The van der Waals surface area contributed by atoms with Crippen LogP contribution < -0.4 is 11.1 Å². The summed E-state index contributed by atoms with van der Waals surface area (Å²) in [6.45, 7) is 1.71. The maximum Gasteiger partial charge on any atom is 0.262 e. The first-order chi connectivity index (χ1) is 14.1. The zero-order valence-corrected chi connectivity index (χ0v) is 17.1. The van der Waals surface area contributed by atoms with Gasteiger partial charge in [0.15, 0.2) is 0 Å². The van der Waals surface area contributed by atoms with E-state index in [0.29, 0.717) is 27.6 Å². The van der Waals surface area contributed by atoms with E-state index in [2.05, 4.69) is 10.5 Å². The summed E-state index contributed by atoms with van der Waals surface area (Å²) in [5.41, 5.74) is 8.81. The van der Waals surface area contributed by atoms with Crippen molar-refractivity contribution in [2.45, 2.75) is 45.4 Å². The van der Waals surface area contributed by atoms with Crippen LogP contribution in [0.3, 0.4) is 0 Å². The molecule has 0 fully saturated rings. The number of fused-ring (bicyclic) bond motifs is 1. The molecule has 0 atom stereocenters. The van der Waals surface area contributed by atoms with E-state index >= 15 is 0 Å². The van der Waals surface area contributed by atoms with Crippen molar-refractivity contribution < 1.29 is 14.1 Å². The Morgan fingerprint density at radius 2 is 1.79 bits per heavy atom. The van der Waals surface area contributed by atoms with Crippen molar-refractivity contribution in [2.75, 3.05) is 5.32 Å². The maximum atomic E-state index is 13.2. The van der Waals surface area contributed by atoms with Crippen molar-refractivity contribution in [1.82, 2.24) is 5.16 Å². The lowest BCUT2D eigenvalue weighted by atomic mass is 9.96. The fourth-order valence-corrected chi connectivity index (χ4v) is 5.16. The number of amides is 2. The molecule has 0 aliphatic heterocycles. The zero-order chi connectivity index (χ0) is 20.4. The number of carbonyl (C=O) groups excluding carboxylic acids is 2. The van der Waals surface area contributed by atoms with Gasteiger partial charge in [-0.1, -0.05) is 48.3 Å². The second-order valence-electron chi connectivity index (χ2n) is 7.27. The summed E-state index contributed by atoms with van der Waals surface area (Å²) in [6.07, 6.45) is 6.18. The molecule has 2 aromatic heterocycles. The molecule has 150 valence electrons. The fraction of sp³-hybridized carbons (Fsp3) is 0.318. The number of hydrogen-bond acceptors (Lipinski definition) is 5. The summed E-state index contributed by atoms with van der Waals surface area (Å²) in [5, 5.41) is 7.52. The van der Waals surface area contributed by atoms with Gasteiger partial charge in [-0.25, -0.2) is 0 Å². The topological polar surface area (TPSA) is 98.2 Å². The van der Waals surface area contributed by atoms with E-state index in [4.69, 9.17) is 10.3 Å². The Morgan fingerprint density at radius 3 is 2.52 bits per heavy atom. The van der Waals surface area contributed by atoms with Crippen LogP contribution in [0, 0.1) is 6.92 Å². The Hall–Kier alpha value is -2.93. The first kappa shape index (κ1) is 19.4. The second kappa shape index (κ2) is 8.21. The molecule has 2 amide bonds. The highest BCUT2D eigenvalue weighted by molar-refractivity contribution is 7.17. The van der Waals surface area contributed by atoms with Gasteiger partial charge in [0.2, 0.25) is 0 Å². The highest BCUT2D eigenvalue weighted by Crippen LogP contribution is 2.37. The van der Waals surface area contributed by atoms with Crippen LogP contribution in [0.5, 0.6) is 0 Å². The molecule has 0 radical (unpaired) electrons. The largest absolute Gasteiger partial charge is 0.365 e. The van der Waals surface area contributed by atoms with Gasteiger partial charge in [-0.05, 0) is 38.2 Å². The number of aryl methyl sites for hydroxylation is 2. The van der Waals surface area contributed by atoms with Crippen LogP contribution in [-0.4, -0.2) is 17.0 Å². The Kier molecular flexibility index (Phi) is 5.49. The molecular weight excluding hydrogens is 386 g/mol. The van der Waals surface area contributed by atoms with Gasteiger partial charge in [0.1, 0.15) is 22.0 Å². The van der Waals surface area contributed by atoms with Crippen molar-refractivity contribution in [1.29, 1.82) is 0 Å². The van der Waals surface area contributed by atoms with Crippen LogP contribution in [0.1, 0.15) is 62.6 Å². The highest BCUT2D eigenvalue weighted by atomic mass is 32.1.